The van der Waals surface area contributed by atoms with E-state index in [0.29, 0.717) is 16.1 Å². The normalized spacial score (nSPS) is 14.7. The van der Waals surface area contributed by atoms with Crippen LogP contribution in [0.3, 0.4) is 0 Å². The Morgan fingerprint density at radius 1 is 1.39 bits per heavy atom. The van der Waals surface area contributed by atoms with Gasteiger partial charge in [0.15, 0.2) is 0 Å². The number of amides is 1. The van der Waals surface area contributed by atoms with Gasteiger partial charge >= 0.3 is 5.97 Å². The summed E-state index contributed by atoms with van der Waals surface area (Å²) in [5.41, 5.74) is 1.06. The number of benzene rings is 1. The maximum atomic E-state index is 11.8. The highest BCUT2D eigenvalue weighted by Gasteiger charge is 2.24. The molecule has 1 amide bonds. The van der Waals surface area contributed by atoms with Gasteiger partial charge in [0.05, 0.1) is 10.6 Å². The molecule has 0 atom stereocenters. The van der Waals surface area contributed by atoms with E-state index in [2.05, 4.69) is 5.32 Å². The lowest BCUT2D eigenvalue weighted by Crippen LogP contribution is -2.25. The molecule has 0 aromatic heterocycles. The lowest BCUT2D eigenvalue weighted by molar-refractivity contribution is -0.131. The summed E-state index contributed by atoms with van der Waals surface area (Å²) in [5.74, 6) is -1.21. The molecule has 1 fully saturated rings. The first-order valence-corrected chi connectivity index (χ1v) is 5.95. The van der Waals surface area contributed by atoms with E-state index in [1.54, 1.807) is 18.2 Å². The van der Waals surface area contributed by atoms with Crippen LogP contribution in [-0.4, -0.2) is 23.0 Å². The molecule has 1 aromatic rings. The lowest BCUT2D eigenvalue weighted by Gasteiger charge is -2.06. The monoisotopic (exact) mass is 265 g/mol. The maximum Gasteiger partial charge on any atom is 0.328 e. The number of hydrogen-bond donors (Lipinski definition) is 2. The molecule has 94 valence electrons. The van der Waals surface area contributed by atoms with Crippen molar-refractivity contribution in [3.63, 3.8) is 0 Å². The van der Waals surface area contributed by atoms with Crippen LogP contribution in [0.25, 0.3) is 6.08 Å². The fraction of sp³-hybridized carbons (Fsp3) is 0.231. The van der Waals surface area contributed by atoms with Crippen molar-refractivity contribution in [1.29, 1.82) is 0 Å². The number of carboxylic acid groups (broad SMARTS) is 1. The smallest absolute Gasteiger partial charge is 0.328 e. The van der Waals surface area contributed by atoms with E-state index in [1.165, 1.54) is 6.08 Å². The number of hydrogen-bond acceptors (Lipinski definition) is 2. The fourth-order valence-corrected chi connectivity index (χ4v) is 1.75. The molecule has 2 N–H and O–H groups in total. The molecule has 1 aliphatic carbocycles. The van der Waals surface area contributed by atoms with Gasteiger partial charge in [0, 0.05) is 12.1 Å². The van der Waals surface area contributed by atoms with Crippen LogP contribution in [-0.2, 0) is 4.79 Å². The summed E-state index contributed by atoms with van der Waals surface area (Å²) in [6.45, 7) is 0. The van der Waals surface area contributed by atoms with Crippen LogP contribution in [0.15, 0.2) is 24.3 Å². The molecule has 0 unspecified atom stereocenters. The van der Waals surface area contributed by atoms with Gasteiger partial charge in [0.1, 0.15) is 0 Å². The van der Waals surface area contributed by atoms with Gasteiger partial charge in [0.2, 0.25) is 0 Å². The molecule has 0 heterocycles. The molecule has 0 bridgehead atoms. The minimum absolute atomic E-state index is 0.184. The van der Waals surface area contributed by atoms with E-state index in [9.17, 15) is 9.59 Å². The second kappa shape index (κ2) is 5.23. The van der Waals surface area contributed by atoms with Crippen LogP contribution in [0.5, 0.6) is 0 Å². The molecule has 1 aliphatic rings. The van der Waals surface area contributed by atoms with Crippen LogP contribution < -0.4 is 5.32 Å². The Labute approximate surface area is 109 Å². The minimum atomic E-state index is -1.03. The highest BCUT2D eigenvalue weighted by molar-refractivity contribution is 6.34. The molecule has 0 radical (unpaired) electrons. The summed E-state index contributed by atoms with van der Waals surface area (Å²) in [6.07, 6.45) is 4.48. The highest BCUT2D eigenvalue weighted by Crippen LogP contribution is 2.22. The molecular weight excluding hydrogens is 254 g/mol. The average molecular weight is 266 g/mol. The number of rotatable bonds is 4. The third-order valence-electron chi connectivity index (χ3n) is 2.57. The maximum absolute atomic E-state index is 11.8. The van der Waals surface area contributed by atoms with Gasteiger partial charge in [-0.05, 0) is 36.6 Å². The van der Waals surface area contributed by atoms with E-state index in [4.69, 9.17) is 16.7 Å². The minimum Gasteiger partial charge on any atom is -0.478 e. The Kier molecular flexibility index (Phi) is 3.67. The Balaban J connectivity index is 2.13. The van der Waals surface area contributed by atoms with Crippen LogP contribution in [0, 0.1) is 0 Å². The van der Waals surface area contributed by atoms with Gasteiger partial charge in [-0.25, -0.2) is 4.79 Å². The van der Waals surface area contributed by atoms with Crippen molar-refractivity contribution >= 4 is 29.6 Å². The van der Waals surface area contributed by atoms with Gasteiger partial charge < -0.3 is 10.4 Å². The summed E-state index contributed by atoms with van der Waals surface area (Å²) < 4.78 is 0. The molecular formula is C13H12ClNO3. The quantitative estimate of drug-likeness (QED) is 0.821. The van der Waals surface area contributed by atoms with Crippen LogP contribution >= 0.6 is 11.6 Å². The summed E-state index contributed by atoms with van der Waals surface area (Å²) in [5, 5.41) is 11.7. The van der Waals surface area contributed by atoms with Crippen molar-refractivity contribution in [3.8, 4) is 0 Å². The first-order chi connectivity index (χ1) is 8.56. The molecule has 0 aliphatic heterocycles. The third kappa shape index (κ3) is 3.34. The molecule has 4 nitrogen and oxygen atoms in total. The summed E-state index contributed by atoms with van der Waals surface area (Å²) in [7, 11) is 0. The van der Waals surface area contributed by atoms with Gasteiger partial charge in [-0.2, -0.15) is 0 Å². The van der Waals surface area contributed by atoms with Crippen LogP contribution in [0.2, 0.25) is 5.02 Å². The fourth-order valence-electron chi connectivity index (χ4n) is 1.48. The van der Waals surface area contributed by atoms with E-state index in [-0.39, 0.29) is 11.9 Å². The number of carboxylic acids is 1. The van der Waals surface area contributed by atoms with Crippen molar-refractivity contribution < 1.29 is 14.7 Å². The predicted octanol–water partition coefficient (Wildman–Crippen LogP) is 2.33. The zero-order valence-corrected chi connectivity index (χ0v) is 10.3. The van der Waals surface area contributed by atoms with Gasteiger partial charge in [-0.15, -0.1) is 0 Å². The van der Waals surface area contributed by atoms with Crippen molar-refractivity contribution in [3.05, 3.63) is 40.4 Å². The van der Waals surface area contributed by atoms with Gasteiger partial charge in [-0.1, -0.05) is 17.7 Å². The average Bonchev–Trinajstić information content (AvgIpc) is 3.10. The van der Waals surface area contributed by atoms with Crippen molar-refractivity contribution in [2.24, 2.45) is 0 Å². The molecule has 5 heteroatoms. The van der Waals surface area contributed by atoms with Gasteiger partial charge in [-0.3, -0.25) is 4.79 Å². The molecule has 2 rings (SSSR count). The largest absolute Gasteiger partial charge is 0.478 e. The number of aliphatic carboxylic acids is 1. The third-order valence-corrected chi connectivity index (χ3v) is 2.88. The Hall–Kier alpha value is -1.81. The highest BCUT2D eigenvalue weighted by atomic mass is 35.5. The standard InChI is InChI=1S/C13H12ClNO3/c14-11-7-8(2-6-12(16)17)1-5-10(11)13(18)15-9-3-4-9/h1-2,5-7,9H,3-4H2,(H,15,18)(H,16,17)/b6-2+. The van der Waals surface area contributed by atoms with E-state index < -0.39 is 5.97 Å². The first kappa shape index (κ1) is 12.6. The number of carbonyl (C=O) groups is 2. The topological polar surface area (TPSA) is 66.4 Å². The van der Waals surface area contributed by atoms with Gasteiger partial charge in [0.25, 0.3) is 5.91 Å². The van der Waals surface area contributed by atoms with Crippen LogP contribution in [0.1, 0.15) is 28.8 Å². The molecule has 0 saturated heterocycles. The van der Waals surface area contributed by atoms with Crippen molar-refractivity contribution in [1.82, 2.24) is 5.32 Å². The molecule has 18 heavy (non-hydrogen) atoms. The zero-order chi connectivity index (χ0) is 13.1. The Bertz CT molecular complexity index is 521. The zero-order valence-electron chi connectivity index (χ0n) is 9.52. The van der Waals surface area contributed by atoms with Crippen LogP contribution in [0.4, 0.5) is 0 Å². The molecule has 1 aromatic carbocycles. The molecule has 1 saturated carbocycles. The van der Waals surface area contributed by atoms with E-state index >= 15 is 0 Å². The summed E-state index contributed by atoms with van der Waals surface area (Å²) in [4.78, 5) is 22.2. The lowest BCUT2D eigenvalue weighted by atomic mass is 10.1. The van der Waals surface area contributed by atoms with Crippen molar-refractivity contribution in [2.45, 2.75) is 18.9 Å². The Morgan fingerprint density at radius 3 is 2.67 bits per heavy atom. The summed E-state index contributed by atoms with van der Waals surface area (Å²) in [6, 6.07) is 5.11. The number of nitrogens with one attached hydrogen (secondary N) is 1. The predicted molar refractivity (Wildman–Crippen MR) is 68.6 cm³/mol. The Morgan fingerprint density at radius 2 is 2.11 bits per heavy atom. The SMILES string of the molecule is O=C(O)/C=C/c1ccc(C(=O)NC2CC2)c(Cl)c1. The second-order valence-corrected chi connectivity index (χ2v) is 4.57. The van der Waals surface area contributed by atoms with Crippen molar-refractivity contribution in [2.75, 3.05) is 0 Å². The number of carbonyl (C=O) groups excluding carboxylic acids is 1. The van der Waals surface area contributed by atoms with E-state index in [1.807, 2.05) is 0 Å². The number of halogens is 1. The first-order valence-electron chi connectivity index (χ1n) is 5.57. The second-order valence-electron chi connectivity index (χ2n) is 4.16. The van der Waals surface area contributed by atoms with E-state index in [0.717, 1.165) is 18.9 Å². The summed E-state index contributed by atoms with van der Waals surface area (Å²) >= 11 is 6.00. The molecule has 0 spiro atoms.